The Kier molecular flexibility index (Phi) is 8.06. The van der Waals surface area contributed by atoms with Crippen LogP contribution < -0.4 is 19.4 Å². The van der Waals surface area contributed by atoms with E-state index in [9.17, 15) is 0 Å². The van der Waals surface area contributed by atoms with E-state index in [1.165, 1.54) is 10.6 Å². The highest BCUT2D eigenvalue weighted by atomic mass is 16.5. The molecule has 1 aliphatic heterocycles. The number of pyridine rings is 3. The van der Waals surface area contributed by atoms with Crippen LogP contribution in [-0.4, -0.2) is 101 Å². The van der Waals surface area contributed by atoms with E-state index in [0.717, 1.165) is 84.5 Å². The first-order valence-corrected chi connectivity index (χ1v) is 12.9. The molecule has 0 aromatic carbocycles. The number of hydrogen-bond donors (Lipinski definition) is 1. The van der Waals surface area contributed by atoms with Crippen molar-refractivity contribution in [2.45, 2.75) is 6.92 Å². The van der Waals surface area contributed by atoms with E-state index in [4.69, 9.17) is 9.72 Å². The molecule has 1 fully saturated rings. The maximum Gasteiger partial charge on any atom is 0.123 e. The molecular weight excluding hydrogens is 450 g/mol. The Morgan fingerprint density at radius 1 is 0.944 bits per heavy atom. The van der Waals surface area contributed by atoms with Gasteiger partial charge in [-0.15, -0.1) is 0 Å². The van der Waals surface area contributed by atoms with E-state index in [1.807, 2.05) is 24.5 Å². The van der Waals surface area contributed by atoms with Crippen LogP contribution >= 0.6 is 0 Å². The fourth-order valence-corrected chi connectivity index (χ4v) is 4.49. The summed E-state index contributed by atoms with van der Waals surface area (Å²) in [5, 5.41) is 0. The number of ether oxygens (including phenoxy) is 1. The van der Waals surface area contributed by atoms with Crippen LogP contribution in [0.1, 0.15) is 6.92 Å². The zero-order chi connectivity index (χ0) is 25.7. The Bertz CT molecular complexity index is 1090. The average Bonchev–Trinajstić information content (AvgIpc) is 2.89. The van der Waals surface area contributed by atoms with Crippen LogP contribution in [0.3, 0.4) is 0 Å². The van der Waals surface area contributed by atoms with Crippen LogP contribution in [0.4, 0.5) is 11.4 Å². The van der Waals surface area contributed by atoms with Crippen molar-refractivity contribution in [3.8, 4) is 28.5 Å². The number of quaternary nitrogens is 2. The Morgan fingerprint density at radius 2 is 1.58 bits per heavy atom. The van der Waals surface area contributed by atoms with E-state index >= 15 is 0 Å². The van der Waals surface area contributed by atoms with Crippen LogP contribution in [0.15, 0.2) is 48.8 Å². The van der Waals surface area contributed by atoms with E-state index in [2.05, 4.69) is 79.1 Å². The lowest BCUT2D eigenvalue weighted by atomic mass is 10.1. The standard InChI is InChI=1S/C28H40N7O/c1-7-33(13-12-32(2)3)22-8-10-29-25(18-22)27-20-24(36-6)21-28(31-27)26-19-23(9-11-30-26)34-14-16-35(4,5)17-15-34/h8-11,18-21H,7,12-17H2,1-6H3/q+1/p+1. The number of nitrogens with one attached hydrogen (secondary N) is 1. The van der Waals surface area contributed by atoms with Crippen molar-refractivity contribution >= 4 is 11.4 Å². The van der Waals surface area contributed by atoms with Gasteiger partial charge < -0.3 is 23.9 Å². The lowest BCUT2D eigenvalue weighted by Crippen LogP contribution is -3.06. The number of likely N-dealkylation sites (N-methyl/N-ethyl adjacent to an activating group) is 3. The fraction of sp³-hybridized carbons (Fsp3) is 0.464. The first kappa shape index (κ1) is 25.9. The summed E-state index contributed by atoms with van der Waals surface area (Å²) in [6.07, 6.45) is 3.75. The third-order valence-electron chi connectivity index (χ3n) is 6.99. The lowest BCUT2D eigenvalue weighted by molar-refractivity contribution is -0.890. The van der Waals surface area contributed by atoms with Crippen molar-refractivity contribution in [1.29, 1.82) is 0 Å². The highest BCUT2D eigenvalue weighted by Gasteiger charge is 2.24. The molecular formula is C28H41N7O+2. The second-order valence-corrected chi connectivity index (χ2v) is 10.5. The normalized spacial score (nSPS) is 15.2. The van der Waals surface area contributed by atoms with Crippen LogP contribution in [0, 0.1) is 0 Å². The first-order valence-electron chi connectivity index (χ1n) is 12.9. The highest BCUT2D eigenvalue weighted by Crippen LogP contribution is 2.30. The number of anilines is 2. The molecule has 192 valence electrons. The molecule has 3 aromatic heterocycles. The summed E-state index contributed by atoms with van der Waals surface area (Å²) >= 11 is 0. The number of nitrogens with zero attached hydrogens (tertiary/aromatic N) is 6. The summed E-state index contributed by atoms with van der Waals surface area (Å²) in [7, 11) is 10.6. The average molecular weight is 492 g/mol. The molecule has 8 heteroatoms. The number of methoxy groups -OCH3 is 1. The number of hydrogen-bond acceptors (Lipinski definition) is 6. The van der Waals surface area contributed by atoms with Crippen LogP contribution in [0.2, 0.25) is 0 Å². The molecule has 36 heavy (non-hydrogen) atoms. The van der Waals surface area contributed by atoms with Gasteiger partial charge in [0.1, 0.15) is 5.75 Å². The second-order valence-electron chi connectivity index (χ2n) is 10.5. The van der Waals surface area contributed by atoms with Gasteiger partial charge in [-0.25, -0.2) is 4.98 Å². The molecule has 0 bridgehead atoms. The third kappa shape index (κ3) is 6.30. The molecule has 0 unspecified atom stereocenters. The van der Waals surface area contributed by atoms with Crippen LogP contribution in [0.25, 0.3) is 22.8 Å². The molecule has 3 aromatic rings. The van der Waals surface area contributed by atoms with Gasteiger partial charge in [-0.3, -0.25) is 9.97 Å². The largest absolute Gasteiger partial charge is 0.497 e. The molecule has 0 amide bonds. The van der Waals surface area contributed by atoms with Crippen molar-refractivity contribution in [3.05, 3.63) is 48.8 Å². The molecule has 0 spiro atoms. The minimum absolute atomic E-state index is 0.745. The fourth-order valence-electron chi connectivity index (χ4n) is 4.49. The summed E-state index contributed by atoms with van der Waals surface area (Å²) < 4.78 is 6.71. The molecule has 0 aliphatic carbocycles. The van der Waals surface area contributed by atoms with Gasteiger partial charge in [0.2, 0.25) is 0 Å². The topological polar surface area (TPSA) is 58.8 Å². The Hall–Kier alpha value is -3.23. The van der Waals surface area contributed by atoms with E-state index in [-0.39, 0.29) is 0 Å². The number of aromatic nitrogens is 3. The molecule has 0 saturated carbocycles. The van der Waals surface area contributed by atoms with Gasteiger partial charge in [0.05, 0.1) is 97.3 Å². The van der Waals surface area contributed by atoms with Gasteiger partial charge in [0.25, 0.3) is 0 Å². The molecule has 4 heterocycles. The van der Waals surface area contributed by atoms with Crippen molar-refractivity contribution < 1.29 is 14.1 Å². The van der Waals surface area contributed by atoms with Crippen LogP contribution in [-0.2, 0) is 0 Å². The van der Waals surface area contributed by atoms with E-state index < -0.39 is 0 Å². The number of piperazine rings is 1. The molecule has 1 aliphatic rings. The van der Waals surface area contributed by atoms with Gasteiger partial charge in [-0.1, -0.05) is 0 Å². The molecule has 8 nitrogen and oxygen atoms in total. The Balaban J connectivity index is 1.64. The molecule has 1 N–H and O–H groups in total. The molecule has 0 atom stereocenters. The van der Waals surface area contributed by atoms with Crippen molar-refractivity contribution in [2.24, 2.45) is 0 Å². The molecule has 0 radical (unpaired) electrons. The smallest absolute Gasteiger partial charge is 0.123 e. The summed E-state index contributed by atoms with van der Waals surface area (Å²) in [5.41, 5.74) is 5.58. The minimum atomic E-state index is 0.745. The molecule has 1 saturated heterocycles. The maximum atomic E-state index is 5.65. The minimum Gasteiger partial charge on any atom is -0.497 e. The zero-order valence-corrected chi connectivity index (χ0v) is 22.7. The Morgan fingerprint density at radius 3 is 2.19 bits per heavy atom. The first-order chi connectivity index (χ1) is 17.3. The van der Waals surface area contributed by atoms with Crippen molar-refractivity contribution in [2.75, 3.05) is 90.9 Å². The van der Waals surface area contributed by atoms with Gasteiger partial charge >= 0.3 is 0 Å². The van der Waals surface area contributed by atoms with Gasteiger partial charge in [-0.05, 0) is 31.2 Å². The maximum absolute atomic E-state index is 5.65. The summed E-state index contributed by atoms with van der Waals surface area (Å²) in [4.78, 5) is 20.6. The second kappa shape index (κ2) is 11.2. The Labute approximate surface area is 215 Å². The van der Waals surface area contributed by atoms with E-state index in [1.54, 1.807) is 7.11 Å². The SMILES string of the molecule is CCN(CC[NH+](C)C)c1ccnc(-c2cc(OC)cc(-c3cc(N4CC[N+](C)(C)CC4)ccn3)n2)c1. The van der Waals surface area contributed by atoms with Gasteiger partial charge in [0.15, 0.2) is 0 Å². The van der Waals surface area contributed by atoms with Crippen molar-refractivity contribution in [1.82, 2.24) is 15.0 Å². The van der Waals surface area contributed by atoms with Crippen LogP contribution in [0.5, 0.6) is 5.75 Å². The predicted octanol–water partition coefficient (Wildman–Crippen LogP) is 2.08. The monoisotopic (exact) mass is 491 g/mol. The van der Waals surface area contributed by atoms with Crippen molar-refractivity contribution in [3.63, 3.8) is 0 Å². The third-order valence-corrected chi connectivity index (χ3v) is 6.99. The predicted molar refractivity (Wildman–Crippen MR) is 147 cm³/mol. The summed E-state index contributed by atoms with van der Waals surface area (Å²) in [5.74, 6) is 0.745. The van der Waals surface area contributed by atoms with Gasteiger partial charge in [-0.2, -0.15) is 0 Å². The zero-order valence-electron chi connectivity index (χ0n) is 22.7. The molecule has 4 rings (SSSR count). The quantitative estimate of drug-likeness (QED) is 0.463. The highest BCUT2D eigenvalue weighted by molar-refractivity contribution is 5.69. The lowest BCUT2D eigenvalue weighted by Gasteiger charge is -2.40. The summed E-state index contributed by atoms with van der Waals surface area (Å²) in [6, 6.07) is 12.3. The summed E-state index contributed by atoms with van der Waals surface area (Å²) in [6.45, 7) is 9.52. The van der Waals surface area contributed by atoms with E-state index in [0.29, 0.717) is 0 Å². The van der Waals surface area contributed by atoms with Gasteiger partial charge in [0, 0.05) is 42.4 Å². The number of rotatable bonds is 9.